The first-order valence-corrected chi connectivity index (χ1v) is 8.86. The van der Waals surface area contributed by atoms with Gasteiger partial charge in [-0.1, -0.05) is 17.7 Å². The molecular formula is C16H16ClN3O2S. The lowest BCUT2D eigenvalue weighted by Gasteiger charge is -2.09. The number of anilines is 1. The number of aryl methyl sites for hydroxylation is 3. The molecule has 1 aromatic heterocycles. The Morgan fingerprint density at radius 2 is 1.87 bits per heavy atom. The van der Waals surface area contributed by atoms with Crippen LogP contribution < -0.4 is 4.72 Å². The Balaban J connectivity index is 2.00. The number of fused-ring (bicyclic) bond motifs is 1. The van der Waals surface area contributed by atoms with Gasteiger partial charge in [0.1, 0.15) is 5.82 Å². The Morgan fingerprint density at radius 3 is 2.57 bits per heavy atom. The Labute approximate surface area is 140 Å². The van der Waals surface area contributed by atoms with Crippen molar-refractivity contribution in [2.24, 2.45) is 7.05 Å². The van der Waals surface area contributed by atoms with Crippen LogP contribution in [0.2, 0.25) is 5.02 Å². The van der Waals surface area contributed by atoms with Gasteiger partial charge in [0.15, 0.2) is 0 Å². The molecule has 3 aromatic rings. The number of hydrogen-bond donors (Lipinski definition) is 1. The van der Waals surface area contributed by atoms with E-state index in [1.54, 1.807) is 36.4 Å². The molecule has 0 spiro atoms. The van der Waals surface area contributed by atoms with E-state index in [0.717, 1.165) is 16.9 Å². The second-order valence-electron chi connectivity index (χ2n) is 5.44. The Bertz CT molecular complexity index is 1010. The maximum absolute atomic E-state index is 12.5. The normalized spacial score (nSPS) is 11.8. The average molecular weight is 350 g/mol. The van der Waals surface area contributed by atoms with Gasteiger partial charge in [0.2, 0.25) is 0 Å². The predicted octanol–water partition coefficient (Wildman–Crippen LogP) is 3.64. The Morgan fingerprint density at radius 1 is 1.13 bits per heavy atom. The van der Waals surface area contributed by atoms with Crippen LogP contribution in [0.3, 0.4) is 0 Å². The molecule has 120 valence electrons. The summed E-state index contributed by atoms with van der Waals surface area (Å²) in [5, 5.41) is 0.515. The van der Waals surface area contributed by atoms with Crippen LogP contribution in [0.1, 0.15) is 11.4 Å². The molecule has 0 saturated carbocycles. The molecule has 7 heteroatoms. The van der Waals surface area contributed by atoms with E-state index >= 15 is 0 Å². The van der Waals surface area contributed by atoms with Crippen molar-refractivity contribution in [2.45, 2.75) is 18.7 Å². The fraction of sp³-hybridized carbons (Fsp3) is 0.188. The zero-order valence-corrected chi connectivity index (χ0v) is 14.5. The smallest absolute Gasteiger partial charge is 0.261 e. The summed E-state index contributed by atoms with van der Waals surface area (Å²) in [5.41, 5.74) is 2.85. The van der Waals surface area contributed by atoms with Gasteiger partial charge in [-0.2, -0.15) is 0 Å². The van der Waals surface area contributed by atoms with E-state index in [4.69, 9.17) is 11.6 Å². The maximum atomic E-state index is 12.5. The predicted molar refractivity (Wildman–Crippen MR) is 92.4 cm³/mol. The Hall–Kier alpha value is -2.05. The van der Waals surface area contributed by atoms with Crippen LogP contribution in [0, 0.1) is 13.8 Å². The molecule has 0 aliphatic carbocycles. The topological polar surface area (TPSA) is 64.0 Å². The number of halogens is 1. The fourth-order valence-electron chi connectivity index (χ4n) is 2.34. The fourth-order valence-corrected chi connectivity index (χ4v) is 3.59. The largest absolute Gasteiger partial charge is 0.331 e. The van der Waals surface area contributed by atoms with Crippen LogP contribution in [0.5, 0.6) is 0 Å². The maximum Gasteiger partial charge on any atom is 0.261 e. The monoisotopic (exact) mass is 349 g/mol. The second-order valence-corrected chi connectivity index (χ2v) is 7.53. The van der Waals surface area contributed by atoms with Gasteiger partial charge < -0.3 is 4.57 Å². The third kappa shape index (κ3) is 2.92. The van der Waals surface area contributed by atoms with E-state index in [-0.39, 0.29) is 4.90 Å². The molecular weight excluding hydrogens is 334 g/mol. The summed E-state index contributed by atoms with van der Waals surface area (Å²) in [7, 11) is -1.80. The van der Waals surface area contributed by atoms with Crippen molar-refractivity contribution >= 4 is 38.3 Å². The molecule has 0 bridgehead atoms. The van der Waals surface area contributed by atoms with Crippen LogP contribution in [0.15, 0.2) is 41.3 Å². The first-order valence-electron chi connectivity index (χ1n) is 7.00. The lowest BCUT2D eigenvalue weighted by Crippen LogP contribution is -2.13. The minimum absolute atomic E-state index is 0.166. The van der Waals surface area contributed by atoms with Crippen molar-refractivity contribution in [3.8, 4) is 0 Å². The highest BCUT2D eigenvalue weighted by Gasteiger charge is 2.16. The van der Waals surface area contributed by atoms with Crippen LogP contribution in [-0.4, -0.2) is 18.0 Å². The van der Waals surface area contributed by atoms with E-state index in [1.807, 2.05) is 25.5 Å². The van der Waals surface area contributed by atoms with Crippen LogP contribution in [0.25, 0.3) is 11.0 Å². The number of imidazole rings is 1. The minimum atomic E-state index is -3.70. The zero-order chi connectivity index (χ0) is 16.8. The lowest BCUT2D eigenvalue weighted by atomic mass is 10.2. The first-order chi connectivity index (χ1) is 10.8. The van der Waals surface area contributed by atoms with Gasteiger partial charge in [-0.05, 0) is 49.7 Å². The average Bonchev–Trinajstić information content (AvgIpc) is 2.77. The standard InChI is InChI=1S/C16H16ClN3O2S/c1-10-4-5-12(8-14(10)17)19-23(21,22)13-6-7-16-15(9-13)18-11(2)20(16)3/h4-9,19H,1-3H3. The summed E-state index contributed by atoms with van der Waals surface area (Å²) in [6.07, 6.45) is 0. The first kappa shape index (κ1) is 15.8. The van der Waals surface area contributed by atoms with Gasteiger partial charge in [-0.3, -0.25) is 4.72 Å². The molecule has 0 unspecified atom stereocenters. The molecule has 0 aliphatic heterocycles. The highest BCUT2D eigenvalue weighted by molar-refractivity contribution is 7.92. The molecule has 0 radical (unpaired) electrons. The van der Waals surface area contributed by atoms with Gasteiger partial charge in [0.05, 0.1) is 21.6 Å². The van der Waals surface area contributed by atoms with Crippen molar-refractivity contribution in [1.29, 1.82) is 0 Å². The number of nitrogens with zero attached hydrogens (tertiary/aromatic N) is 2. The van der Waals surface area contributed by atoms with Crippen LogP contribution in [0.4, 0.5) is 5.69 Å². The Kier molecular flexibility index (Phi) is 3.82. The number of nitrogens with one attached hydrogen (secondary N) is 1. The van der Waals surface area contributed by atoms with Crippen LogP contribution >= 0.6 is 11.6 Å². The summed E-state index contributed by atoms with van der Waals surface area (Å²) >= 11 is 6.04. The highest BCUT2D eigenvalue weighted by Crippen LogP contribution is 2.24. The van der Waals surface area contributed by atoms with Gasteiger partial charge in [0, 0.05) is 12.1 Å². The minimum Gasteiger partial charge on any atom is -0.331 e. The molecule has 0 aliphatic rings. The molecule has 3 rings (SSSR count). The number of rotatable bonds is 3. The molecule has 0 amide bonds. The van der Waals surface area contributed by atoms with Crippen molar-refractivity contribution in [2.75, 3.05) is 4.72 Å². The highest BCUT2D eigenvalue weighted by atomic mass is 35.5. The molecule has 0 saturated heterocycles. The van der Waals surface area contributed by atoms with Crippen molar-refractivity contribution in [3.63, 3.8) is 0 Å². The van der Waals surface area contributed by atoms with Crippen LogP contribution in [-0.2, 0) is 17.1 Å². The second kappa shape index (κ2) is 5.54. The summed E-state index contributed by atoms with van der Waals surface area (Å²) in [4.78, 5) is 4.54. The SMILES string of the molecule is Cc1ccc(NS(=O)(=O)c2ccc3c(c2)nc(C)n3C)cc1Cl. The van der Waals surface area contributed by atoms with Gasteiger partial charge >= 0.3 is 0 Å². The molecule has 0 fully saturated rings. The van der Waals surface area contributed by atoms with Gasteiger partial charge in [0.25, 0.3) is 10.0 Å². The summed E-state index contributed by atoms with van der Waals surface area (Å²) in [5.74, 6) is 0.827. The molecule has 5 nitrogen and oxygen atoms in total. The molecule has 1 N–H and O–H groups in total. The number of hydrogen-bond acceptors (Lipinski definition) is 3. The van der Waals surface area contributed by atoms with Crippen molar-refractivity contribution < 1.29 is 8.42 Å². The van der Waals surface area contributed by atoms with E-state index < -0.39 is 10.0 Å². The molecule has 1 heterocycles. The summed E-state index contributed by atoms with van der Waals surface area (Å²) < 4.78 is 29.5. The number of benzene rings is 2. The third-order valence-electron chi connectivity index (χ3n) is 3.81. The lowest BCUT2D eigenvalue weighted by molar-refractivity contribution is 0.601. The quantitative estimate of drug-likeness (QED) is 0.785. The zero-order valence-electron chi connectivity index (χ0n) is 13.0. The molecule has 2 aromatic carbocycles. The van der Waals surface area contributed by atoms with E-state index in [2.05, 4.69) is 9.71 Å². The van der Waals surface area contributed by atoms with E-state index in [9.17, 15) is 8.42 Å². The van der Waals surface area contributed by atoms with Crippen molar-refractivity contribution in [1.82, 2.24) is 9.55 Å². The van der Waals surface area contributed by atoms with Crippen molar-refractivity contribution in [3.05, 3.63) is 52.8 Å². The van der Waals surface area contributed by atoms with Gasteiger partial charge in [-0.15, -0.1) is 0 Å². The number of sulfonamides is 1. The van der Waals surface area contributed by atoms with E-state index in [1.165, 1.54) is 0 Å². The van der Waals surface area contributed by atoms with Gasteiger partial charge in [-0.25, -0.2) is 13.4 Å². The summed E-state index contributed by atoms with van der Waals surface area (Å²) in [6.45, 7) is 3.73. The third-order valence-corrected chi connectivity index (χ3v) is 5.60. The number of aromatic nitrogens is 2. The van der Waals surface area contributed by atoms with E-state index in [0.29, 0.717) is 16.2 Å². The molecule has 23 heavy (non-hydrogen) atoms. The molecule has 0 atom stereocenters. The summed E-state index contributed by atoms with van der Waals surface area (Å²) in [6, 6.07) is 9.94.